The molecule has 0 fully saturated rings. The highest BCUT2D eigenvalue weighted by molar-refractivity contribution is 5.71. The fourth-order valence-corrected chi connectivity index (χ4v) is 7.91. The smallest absolute Gasteiger partial charge is 0.306 e. The van der Waals surface area contributed by atoms with Crippen LogP contribution in [0.1, 0.15) is 286 Å². The Morgan fingerprint density at radius 3 is 0.881 bits per heavy atom. The van der Waals surface area contributed by atoms with Crippen LogP contribution in [-0.2, 0) is 28.6 Å². The zero-order chi connectivity index (χ0) is 43.4. The van der Waals surface area contributed by atoms with E-state index in [4.69, 9.17) is 14.2 Å². The van der Waals surface area contributed by atoms with Gasteiger partial charge in [0.2, 0.25) is 0 Å². The summed E-state index contributed by atoms with van der Waals surface area (Å²) in [5.74, 6) is 1.66. The Kier molecular flexibility index (Phi) is 43.3. The van der Waals surface area contributed by atoms with Gasteiger partial charge in [-0.2, -0.15) is 0 Å². The highest BCUT2D eigenvalue weighted by Gasteiger charge is 2.19. The average Bonchev–Trinajstić information content (AvgIpc) is 3.20. The molecule has 59 heavy (non-hydrogen) atoms. The zero-order valence-corrected chi connectivity index (χ0v) is 40.5. The van der Waals surface area contributed by atoms with Crippen LogP contribution in [-0.4, -0.2) is 37.2 Å². The second kappa shape index (κ2) is 44.5. The van der Waals surface area contributed by atoms with Crippen LogP contribution in [0, 0.1) is 17.8 Å². The summed E-state index contributed by atoms with van der Waals surface area (Å²) in [6, 6.07) is 0. The van der Waals surface area contributed by atoms with Crippen LogP contribution in [0.4, 0.5) is 0 Å². The summed E-state index contributed by atoms with van der Waals surface area (Å²) in [4.78, 5) is 38.0. The maximum absolute atomic E-state index is 12.8. The number of esters is 3. The fourth-order valence-electron chi connectivity index (χ4n) is 7.91. The predicted molar refractivity (Wildman–Crippen MR) is 252 cm³/mol. The molecule has 0 aromatic rings. The monoisotopic (exact) mass is 835 g/mol. The Hall–Kier alpha value is -1.59. The molecule has 0 aromatic carbocycles. The summed E-state index contributed by atoms with van der Waals surface area (Å²) in [6.45, 7) is 13.7. The number of ether oxygens (including phenoxy) is 3. The molecule has 0 saturated carbocycles. The second-order valence-corrected chi connectivity index (χ2v) is 19.4. The predicted octanol–water partition coefficient (Wildman–Crippen LogP) is 16.8. The first-order valence-electron chi connectivity index (χ1n) is 26.1. The molecule has 1 unspecified atom stereocenters. The number of carbonyl (C=O) groups excluding carboxylic acids is 3. The lowest BCUT2D eigenvalue weighted by molar-refractivity contribution is -0.167. The zero-order valence-electron chi connectivity index (χ0n) is 40.5. The van der Waals surface area contributed by atoms with Crippen LogP contribution in [0.2, 0.25) is 0 Å². The Morgan fingerprint density at radius 2 is 0.593 bits per heavy atom. The highest BCUT2D eigenvalue weighted by atomic mass is 16.6. The fraction of sp³-hybridized carbons (Fsp3) is 0.943. The van der Waals surface area contributed by atoms with E-state index in [1.54, 1.807) is 0 Å². The third kappa shape index (κ3) is 45.8. The van der Waals surface area contributed by atoms with Gasteiger partial charge in [-0.15, -0.1) is 0 Å². The van der Waals surface area contributed by atoms with Crippen molar-refractivity contribution in [2.75, 3.05) is 13.2 Å². The molecule has 0 spiro atoms. The van der Waals surface area contributed by atoms with E-state index in [0.29, 0.717) is 19.3 Å². The molecule has 0 heterocycles. The van der Waals surface area contributed by atoms with E-state index in [2.05, 4.69) is 41.5 Å². The topological polar surface area (TPSA) is 78.9 Å². The molecule has 6 nitrogen and oxygen atoms in total. The maximum Gasteiger partial charge on any atom is 0.306 e. The minimum atomic E-state index is -0.763. The second-order valence-electron chi connectivity index (χ2n) is 19.4. The quantitative estimate of drug-likeness (QED) is 0.0345. The van der Waals surface area contributed by atoms with Gasteiger partial charge in [-0.1, -0.05) is 247 Å². The molecule has 2 atom stereocenters. The van der Waals surface area contributed by atoms with Gasteiger partial charge in [0.15, 0.2) is 6.10 Å². The number of unbranched alkanes of at least 4 members (excludes halogenated alkanes) is 28. The summed E-state index contributed by atoms with van der Waals surface area (Å²) in [5.41, 5.74) is 0. The SMILES string of the molecule is CCC(C)CCCCCCCCCCCCC(=O)OC[C@@H](COC(=O)CCCCCCCCCCCC(C)C)OC(=O)CCCCCCCCCCCCCCC(C)C. The molecule has 0 aliphatic heterocycles. The first-order chi connectivity index (χ1) is 28.6. The molecular formula is C53H102O6. The molecule has 0 N–H and O–H groups in total. The Morgan fingerprint density at radius 1 is 0.339 bits per heavy atom. The van der Waals surface area contributed by atoms with Crippen LogP contribution in [0.5, 0.6) is 0 Å². The van der Waals surface area contributed by atoms with E-state index < -0.39 is 6.10 Å². The van der Waals surface area contributed by atoms with E-state index in [-0.39, 0.29) is 31.1 Å². The van der Waals surface area contributed by atoms with Crippen LogP contribution in [0.15, 0.2) is 0 Å². The molecule has 0 aromatic heterocycles. The molecule has 0 saturated heterocycles. The third-order valence-electron chi connectivity index (χ3n) is 12.3. The summed E-state index contributed by atoms with van der Waals surface area (Å²) >= 11 is 0. The van der Waals surface area contributed by atoms with Gasteiger partial charge in [0.25, 0.3) is 0 Å². The average molecular weight is 835 g/mol. The summed E-state index contributed by atoms with van der Waals surface area (Å²) in [5, 5.41) is 0. The van der Waals surface area contributed by atoms with Gasteiger partial charge < -0.3 is 14.2 Å². The molecule has 0 rings (SSSR count). The van der Waals surface area contributed by atoms with E-state index in [0.717, 1.165) is 75.5 Å². The van der Waals surface area contributed by atoms with E-state index in [9.17, 15) is 14.4 Å². The first kappa shape index (κ1) is 57.4. The number of hydrogen-bond acceptors (Lipinski definition) is 6. The van der Waals surface area contributed by atoms with Crippen LogP contribution in [0.3, 0.4) is 0 Å². The third-order valence-corrected chi connectivity index (χ3v) is 12.3. The first-order valence-corrected chi connectivity index (χ1v) is 26.1. The van der Waals surface area contributed by atoms with Crippen molar-refractivity contribution in [3.8, 4) is 0 Å². The van der Waals surface area contributed by atoms with Crippen molar-refractivity contribution in [2.24, 2.45) is 17.8 Å². The van der Waals surface area contributed by atoms with E-state index in [1.807, 2.05) is 0 Å². The summed E-state index contributed by atoms with van der Waals surface area (Å²) in [7, 11) is 0. The largest absolute Gasteiger partial charge is 0.462 e. The molecule has 6 heteroatoms. The van der Waals surface area contributed by atoms with Gasteiger partial charge in [-0.25, -0.2) is 0 Å². The van der Waals surface area contributed by atoms with E-state index in [1.165, 1.54) is 167 Å². The normalized spacial score (nSPS) is 12.6. The van der Waals surface area contributed by atoms with Gasteiger partial charge in [-0.3, -0.25) is 14.4 Å². The van der Waals surface area contributed by atoms with Crippen molar-refractivity contribution in [3.05, 3.63) is 0 Å². The highest BCUT2D eigenvalue weighted by Crippen LogP contribution is 2.18. The lowest BCUT2D eigenvalue weighted by Crippen LogP contribution is -2.30. The standard InChI is InChI=1S/C53H102O6/c1-7-49(6)41-35-29-23-17-12-13-18-24-30-36-42-51(54)57-45-50(46-58-52(55)43-37-31-25-20-14-16-22-28-34-40-48(4)5)59-53(56)44-38-32-26-19-11-9-8-10-15-21-27-33-39-47(2)3/h47-50H,7-46H2,1-6H3/t49?,50-/m0/s1. The number of rotatable bonds is 46. The van der Waals surface area contributed by atoms with Gasteiger partial charge in [0, 0.05) is 19.3 Å². The molecule has 0 radical (unpaired) electrons. The number of carbonyl (C=O) groups is 3. The summed E-state index contributed by atoms with van der Waals surface area (Å²) < 4.78 is 16.8. The van der Waals surface area contributed by atoms with Crippen LogP contribution in [0.25, 0.3) is 0 Å². The van der Waals surface area contributed by atoms with Crippen molar-refractivity contribution in [1.82, 2.24) is 0 Å². The lowest BCUT2D eigenvalue weighted by atomic mass is 9.99. The maximum atomic E-state index is 12.8. The van der Waals surface area contributed by atoms with Crippen LogP contribution < -0.4 is 0 Å². The van der Waals surface area contributed by atoms with Gasteiger partial charge in [-0.05, 0) is 37.0 Å². The van der Waals surface area contributed by atoms with Gasteiger partial charge >= 0.3 is 17.9 Å². The Balaban J connectivity index is 4.33. The van der Waals surface area contributed by atoms with Gasteiger partial charge in [0.1, 0.15) is 13.2 Å². The lowest BCUT2D eigenvalue weighted by Gasteiger charge is -2.18. The number of hydrogen-bond donors (Lipinski definition) is 0. The minimum Gasteiger partial charge on any atom is -0.462 e. The molecule has 0 aliphatic rings. The minimum absolute atomic E-state index is 0.0649. The molecule has 0 amide bonds. The van der Waals surface area contributed by atoms with Crippen molar-refractivity contribution in [2.45, 2.75) is 292 Å². The Bertz CT molecular complexity index is 916. The van der Waals surface area contributed by atoms with Gasteiger partial charge in [0.05, 0.1) is 0 Å². The van der Waals surface area contributed by atoms with Crippen molar-refractivity contribution >= 4 is 17.9 Å². The summed E-state index contributed by atoms with van der Waals surface area (Å²) in [6.07, 6.45) is 43.7. The van der Waals surface area contributed by atoms with E-state index >= 15 is 0 Å². The van der Waals surface area contributed by atoms with Crippen molar-refractivity contribution < 1.29 is 28.6 Å². The molecule has 0 aliphatic carbocycles. The van der Waals surface area contributed by atoms with Crippen molar-refractivity contribution in [3.63, 3.8) is 0 Å². The van der Waals surface area contributed by atoms with Crippen molar-refractivity contribution in [1.29, 1.82) is 0 Å². The molecular weight excluding hydrogens is 733 g/mol. The van der Waals surface area contributed by atoms with Crippen LogP contribution >= 0.6 is 0 Å². The molecule has 350 valence electrons. The Labute approximate surface area is 368 Å². The molecule has 0 bridgehead atoms.